The molecule has 0 saturated carbocycles. The highest BCUT2D eigenvalue weighted by Crippen LogP contribution is 2.39. The zero-order valence-electron chi connectivity index (χ0n) is 15.6. The number of hydrogen-bond acceptors (Lipinski definition) is 4. The predicted octanol–water partition coefficient (Wildman–Crippen LogP) is 5.50. The Hall–Kier alpha value is -2.25. The number of carbonyl (C=O) groups excluding carboxylic acids is 1. The minimum Gasteiger partial charge on any atom is -0.464 e. The molecule has 29 heavy (non-hydrogen) atoms. The maximum Gasteiger partial charge on any atom is 0.416 e. The van der Waals surface area contributed by atoms with Gasteiger partial charge in [-0.1, -0.05) is 17.7 Å². The molecule has 0 spiro atoms. The first-order valence-corrected chi connectivity index (χ1v) is 9.60. The van der Waals surface area contributed by atoms with Crippen molar-refractivity contribution in [2.45, 2.75) is 44.4 Å². The standard InChI is InChI=1S/C21H20ClF3O4/c1-2-28-20(27)19(26)16-5-3-4-12-10-14(7-8-15(12)16)29-18-9-6-13(11-17(18)22)21(23,24)25/h6-11,16,19,26H,2-5H2,1H3/t16-,19?/m1/s1. The van der Waals surface area contributed by atoms with Gasteiger partial charge < -0.3 is 14.6 Å². The maximum atomic E-state index is 12.8. The molecule has 1 aliphatic rings. The summed E-state index contributed by atoms with van der Waals surface area (Å²) in [4.78, 5) is 11.9. The first-order chi connectivity index (χ1) is 13.7. The van der Waals surface area contributed by atoms with Crippen molar-refractivity contribution in [3.05, 3.63) is 58.1 Å². The molecule has 2 aromatic rings. The van der Waals surface area contributed by atoms with Crippen molar-refractivity contribution in [2.24, 2.45) is 0 Å². The maximum absolute atomic E-state index is 12.8. The minimum absolute atomic E-state index is 0.110. The van der Waals surface area contributed by atoms with Crippen molar-refractivity contribution in [1.29, 1.82) is 0 Å². The third kappa shape index (κ3) is 4.85. The monoisotopic (exact) mass is 428 g/mol. The number of aliphatic hydroxyl groups excluding tert-OH is 1. The molecule has 1 unspecified atom stereocenters. The fourth-order valence-electron chi connectivity index (χ4n) is 3.50. The average molecular weight is 429 g/mol. The summed E-state index contributed by atoms with van der Waals surface area (Å²) >= 11 is 5.95. The molecular weight excluding hydrogens is 409 g/mol. The van der Waals surface area contributed by atoms with Crippen molar-refractivity contribution in [1.82, 2.24) is 0 Å². The Morgan fingerprint density at radius 3 is 2.69 bits per heavy atom. The van der Waals surface area contributed by atoms with Gasteiger partial charge in [-0.25, -0.2) is 4.79 Å². The van der Waals surface area contributed by atoms with Gasteiger partial charge in [-0.2, -0.15) is 13.2 Å². The smallest absolute Gasteiger partial charge is 0.416 e. The van der Waals surface area contributed by atoms with Crippen LogP contribution < -0.4 is 4.74 Å². The number of ether oxygens (including phenoxy) is 2. The summed E-state index contributed by atoms with van der Waals surface area (Å²) in [5.41, 5.74) is 0.892. The second-order valence-electron chi connectivity index (χ2n) is 6.80. The van der Waals surface area contributed by atoms with Gasteiger partial charge in [-0.05, 0) is 67.6 Å². The molecule has 156 valence electrons. The number of aryl methyl sites for hydroxylation is 1. The number of esters is 1. The van der Waals surface area contributed by atoms with E-state index in [1.54, 1.807) is 25.1 Å². The molecule has 0 aromatic heterocycles. The Kier molecular flexibility index (Phi) is 6.39. The van der Waals surface area contributed by atoms with Crippen molar-refractivity contribution < 1.29 is 32.5 Å². The number of rotatable bonds is 5. The highest BCUT2D eigenvalue weighted by atomic mass is 35.5. The van der Waals surface area contributed by atoms with Crippen LogP contribution in [0.1, 0.15) is 42.4 Å². The predicted molar refractivity (Wildman–Crippen MR) is 101 cm³/mol. The summed E-state index contributed by atoms with van der Waals surface area (Å²) in [6.07, 6.45) is -3.57. The molecule has 1 N–H and O–H groups in total. The summed E-state index contributed by atoms with van der Waals surface area (Å²) in [6.45, 7) is 1.87. The summed E-state index contributed by atoms with van der Waals surface area (Å²) in [6, 6.07) is 8.07. The van der Waals surface area contributed by atoms with Crippen molar-refractivity contribution >= 4 is 17.6 Å². The fourth-order valence-corrected chi connectivity index (χ4v) is 3.72. The van der Waals surface area contributed by atoms with Crippen LogP contribution in [0.25, 0.3) is 0 Å². The molecule has 3 rings (SSSR count). The topological polar surface area (TPSA) is 55.8 Å². The molecule has 1 aliphatic carbocycles. The van der Waals surface area contributed by atoms with Crippen LogP contribution in [-0.2, 0) is 22.1 Å². The number of hydrogen-bond donors (Lipinski definition) is 1. The van der Waals surface area contributed by atoms with Gasteiger partial charge in [0.2, 0.25) is 0 Å². The third-order valence-electron chi connectivity index (χ3n) is 4.87. The molecule has 8 heteroatoms. The SMILES string of the molecule is CCOC(=O)C(O)[C@@H]1CCCc2cc(Oc3ccc(C(F)(F)F)cc3Cl)ccc21. The lowest BCUT2D eigenvalue weighted by Crippen LogP contribution is -2.32. The van der Waals surface area contributed by atoms with Crippen molar-refractivity contribution in [2.75, 3.05) is 6.61 Å². The van der Waals surface area contributed by atoms with E-state index >= 15 is 0 Å². The van der Waals surface area contributed by atoms with Gasteiger partial charge in [0.15, 0.2) is 6.10 Å². The second kappa shape index (κ2) is 8.63. The van der Waals surface area contributed by atoms with Gasteiger partial charge in [-0.15, -0.1) is 0 Å². The lowest BCUT2D eigenvalue weighted by Gasteiger charge is -2.28. The number of halogens is 4. The lowest BCUT2D eigenvalue weighted by molar-refractivity contribution is -0.154. The van der Waals surface area contributed by atoms with Crippen LogP contribution in [-0.4, -0.2) is 23.8 Å². The molecule has 4 nitrogen and oxygen atoms in total. The Morgan fingerprint density at radius 1 is 1.28 bits per heavy atom. The number of alkyl halides is 3. The van der Waals surface area contributed by atoms with Gasteiger partial charge >= 0.3 is 12.1 Å². The molecule has 2 atom stereocenters. The highest BCUT2D eigenvalue weighted by Gasteiger charge is 2.33. The molecule has 0 fully saturated rings. The van der Waals surface area contributed by atoms with E-state index in [1.165, 1.54) is 6.07 Å². The summed E-state index contributed by atoms with van der Waals surface area (Å²) in [5.74, 6) is -0.501. The average Bonchev–Trinajstić information content (AvgIpc) is 2.67. The largest absolute Gasteiger partial charge is 0.464 e. The van der Waals surface area contributed by atoms with Crippen LogP contribution >= 0.6 is 11.6 Å². The van der Waals surface area contributed by atoms with Crippen LogP contribution in [0.5, 0.6) is 11.5 Å². The van der Waals surface area contributed by atoms with Crippen molar-refractivity contribution in [3.63, 3.8) is 0 Å². The van der Waals surface area contributed by atoms with E-state index in [-0.39, 0.29) is 23.3 Å². The van der Waals surface area contributed by atoms with Gasteiger partial charge in [-0.3, -0.25) is 0 Å². The molecular formula is C21H20ClF3O4. The first kappa shape index (κ1) is 21.5. The summed E-state index contributed by atoms with van der Waals surface area (Å²) in [5, 5.41) is 10.2. The van der Waals surface area contributed by atoms with Gasteiger partial charge in [0.25, 0.3) is 0 Å². The molecule has 0 aliphatic heterocycles. The lowest BCUT2D eigenvalue weighted by atomic mass is 9.79. The third-order valence-corrected chi connectivity index (χ3v) is 5.17. The number of fused-ring (bicyclic) bond motifs is 1. The Bertz CT molecular complexity index is 898. The minimum atomic E-state index is -4.48. The molecule has 0 heterocycles. The van der Waals surface area contributed by atoms with E-state index in [0.29, 0.717) is 12.2 Å². The van der Waals surface area contributed by atoms with Gasteiger partial charge in [0.05, 0.1) is 17.2 Å². The van der Waals surface area contributed by atoms with E-state index in [4.69, 9.17) is 21.1 Å². The quantitative estimate of drug-likeness (QED) is 0.639. The number of carbonyl (C=O) groups is 1. The molecule has 0 bridgehead atoms. The van der Waals surface area contributed by atoms with E-state index in [0.717, 1.165) is 36.1 Å². The summed E-state index contributed by atoms with van der Waals surface area (Å²) in [7, 11) is 0. The van der Waals surface area contributed by atoms with E-state index in [1.807, 2.05) is 0 Å². The van der Waals surface area contributed by atoms with Crippen molar-refractivity contribution in [3.8, 4) is 11.5 Å². The zero-order chi connectivity index (χ0) is 21.2. The summed E-state index contributed by atoms with van der Waals surface area (Å²) < 4.78 is 48.9. The van der Waals surface area contributed by atoms with E-state index in [9.17, 15) is 23.1 Å². The van der Waals surface area contributed by atoms with Gasteiger partial charge in [0, 0.05) is 5.92 Å². The van der Waals surface area contributed by atoms with Crippen LogP contribution in [0, 0.1) is 0 Å². The zero-order valence-corrected chi connectivity index (χ0v) is 16.4. The second-order valence-corrected chi connectivity index (χ2v) is 7.21. The van der Waals surface area contributed by atoms with Crippen LogP contribution in [0.15, 0.2) is 36.4 Å². The normalized spacial score (nSPS) is 17.4. The number of aliphatic hydroxyl groups is 1. The molecule has 0 saturated heterocycles. The van der Waals surface area contributed by atoms with Crippen LogP contribution in [0.4, 0.5) is 13.2 Å². The Balaban J connectivity index is 1.81. The van der Waals surface area contributed by atoms with E-state index < -0.39 is 23.8 Å². The Morgan fingerprint density at radius 2 is 2.03 bits per heavy atom. The van der Waals surface area contributed by atoms with E-state index in [2.05, 4.69) is 0 Å². The van der Waals surface area contributed by atoms with Crippen LogP contribution in [0.2, 0.25) is 5.02 Å². The fraction of sp³-hybridized carbons (Fsp3) is 0.381. The molecule has 0 radical (unpaired) electrons. The first-order valence-electron chi connectivity index (χ1n) is 9.22. The molecule has 2 aromatic carbocycles. The Labute approximate surface area is 171 Å². The molecule has 0 amide bonds. The van der Waals surface area contributed by atoms with Gasteiger partial charge in [0.1, 0.15) is 11.5 Å². The highest BCUT2D eigenvalue weighted by molar-refractivity contribution is 6.32. The van der Waals surface area contributed by atoms with Crippen LogP contribution in [0.3, 0.4) is 0 Å². The number of benzene rings is 2.